The van der Waals surface area contributed by atoms with Crippen LogP contribution in [0.5, 0.6) is 5.75 Å². The van der Waals surface area contributed by atoms with Gasteiger partial charge in [0.1, 0.15) is 12.4 Å². The molecule has 1 aromatic carbocycles. The number of nitrogens with two attached hydrogens (primary N) is 1. The normalized spacial score (nSPS) is 9.14. The Morgan fingerprint density at radius 3 is 3.14 bits per heavy atom. The number of rotatable bonds is 4. The molecule has 0 fully saturated rings. The molecule has 0 atom stereocenters. The van der Waals surface area contributed by atoms with Gasteiger partial charge in [-0.25, -0.2) is 4.79 Å². The van der Waals surface area contributed by atoms with E-state index in [9.17, 15) is 4.79 Å². The second-order valence-corrected chi connectivity index (χ2v) is 2.62. The van der Waals surface area contributed by atoms with Crippen molar-refractivity contribution in [3.8, 4) is 5.75 Å². The molecule has 0 radical (unpaired) electrons. The van der Waals surface area contributed by atoms with Crippen molar-refractivity contribution >= 4 is 11.7 Å². The average Bonchev–Trinajstić information content (AvgIpc) is 2.14. The summed E-state index contributed by atoms with van der Waals surface area (Å²) in [7, 11) is 0. The summed E-state index contributed by atoms with van der Waals surface area (Å²) >= 11 is 0. The molecule has 0 aromatic heterocycles. The number of hydrogen-bond donors (Lipinski definition) is 2. The highest BCUT2D eigenvalue weighted by Gasteiger charge is 1.97. The number of urea groups is 1. The van der Waals surface area contributed by atoms with Gasteiger partial charge in [0.15, 0.2) is 0 Å². The van der Waals surface area contributed by atoms with Crippen molar-refractivity contribution in [1.82, 2.24) is 0 Å². The van der Waals surface area contributed by atoms with Crippen LogP contribution in [-0.2, 0) is 0 Å². The number of hydrogen-bond acceptors (Lipinski definition) is 2. The number of primary amides is 1. The second-order valence-electron chi connectivity index (χ2n) is 2.62. The van der Waals surface area contributed by atoms with Gasteiger partial charge >= 0.3 is 6.03 Å². The molecule has 0 aliphatic carbocycles. The zero-order valence-corrected chi connectivity index (χ0v) is 7.69. The molecule has 0 aliphatic rings. The third-order valence-electron chi connectivity index (χ3n) is 1.47. The number of carbonyl (C=O) groups excluding carboxylic acids is 1. The summed E-state index contributed by atoms with van der Waals surface area (Å²) in [6.07, 6.45) is 1.65. The number of carbonyl (C=O) groups is 1. The number of anilines is 1. The smallest absolute Gasteiger partial charge is 0.316 e. The molecule has 0 saturated heterocycles. The zero-order valence-electron chi connectivity index (χ0n) is 7.69. The molecule has 0 bridgehead atoms. The van der Waals surface area contributed by atoms with Crippen molar-refractivity contribution in [2.45, 2.75) is 0 Å². The number of nitrogens with one attached hydrogen (secondary N) is 1. The van der Waals surface area contributed by atoms with Crippen LogP contribution in [-0.4, -0.2) is 12.6 Å². The second kappa shape index (κ2) is 4.91. The lowest BCUT2D eigenvalue weighted by Gasteiger charge is -2.05. The summed E-state index contributed by atoms with van der Waals surface area (Å²) in [5, 5.41) is 2.45. The van der Waals surface area contributed by atoms with E-state index in [4.69, 9.17) is 10.5 Å². The molecule has 0 spiro atoms. The Kier molecular flexibility index (Phi) is 3.55. The summed E-state index contributed by atoms with van der Waals surface area (Å²) < 4.78 is 5.27. The first-order valence-electron chi connectivity index (χ1n) is 4.12. The van der Waals surface area contributed by atoms with E-state index in [1.807, 2.05) is 0 Å². The van der Waals surface area contributed by atoms with Crippen molar-refractivity contribution in [1.29, 1.82) is 0 Å². The molecule has 14 heavy (non-hydrogen) atoms. The Labute approximate surface area is 85.3 Å². The van der Waals surface area contributed by atoms with E-state index in [1.165, 1.54) is 0 Å². The van der Waals surface area contributed by atoms with E-state index in [2.05, 4.69) is 11.9 Å². The topological polar surface area (TPSA) is 64.3 Å². The SMILES string of the molecule is C=CCOc1cccc(NC(N)=O)c1.[HH].[HH]. The molecule has 0 unspecified atom stereocenters. The van der Waals surface area contributed by atoms with Gasteiger partial charge in [-0.3, -0.25) is 0 Å². The monoisotopic (exact) mass is 196 g/mol. The Balaban J connectivity index is 0. The Bertz CT molecular complexity index is 345. The highest BCUT2D eigenvalue weighted by molar-refractivity contribution is 5.87. The van der Waals surface area contributed by atoms with Crippen molar-refractivity contribution in [3.05, 3.63) is 36.9 Å². The minimum atomic E-state index is -0.592. The first-order valence-corrected chi connectivity index (χ1v) is 4.12. The lowest BCUT2D eigenvalue weighted by atomic mass is 10.3. The summed E-state index contributed by atoms with van der Waals surface area (Å²) in [6.45, 7) is 3.96. The maximum atomic E-state index is 10.5. The molecular weight excluding hydrogens is 180 g/mol. The quantitative estimate of drug-likeness (QED) is 0.725. The van der Waals surface area contributed by atoms with E-state index >= 15 is 0 Å². The van der Waals surface area contributed by atoms with Crippen LogP contribution in [0.4, 0.5) is 10.5 Å². The molecule has 1 aromatic rings. The zero-order chi connectivity index (χ0) is 10.4. The molecule has 4 nitrogen and oxygen atoms in total. The fourth-order valence-electron chi connectivity index (χ4n) is 0.961. The number of ether oxygens (including phenoxy) is 1. The molecule has 4 heteroatoms. The predicted molar refractivity (Wildman–Crippen MR) is 59.6 cm³/mol. The van der Waals surface area contributed by atoms with E-state index in [0.29, 0.717) is 18.0 Å². The Morgan fingerprint density at radius 2 is 2.50 bits per heavy atom. The molecule has 2 amide bonds. The highest BCUT2D eigenvalue weighted by atomic mass is 16.5. The molecule has 78 valence electrons. The van der Waals surface area contributed by atoms with Crippen molar-refractivity contribution < 1.29 is 12.4 Å². The van der Waals surface area contributed by atoms with Crippen LogP contribution in [0, 0.1) is 0 Å². The van der Waals surface area contributed by atoms with Crippen LogP contribution in [0.2, 0.25) is 0 Å². The standard InChI is InChI=1S/C10H12N2O2.2H2/c1-2-6-14-9-5-3-4-8(7-9)12-10(11)13;;/h2-5,7H,1,6H2,(H3,11,12,13);2*1H. The lowest BCUT2D eigenvalue weighted by molar-refractivity contribution is 0.259. The number of benzene rings is 1. The van der Waals surface area contributed by atoms with Crippen molar-refractivity contribution in [2.24, 2.45) is 5.73 Å². The van der Waals surface area contributed by atoms with Gasteiger partial charge in [0, 0.05) is 14.6 Å². The van der Waals surface area contributed by atoms with Crippen molar-refractivity contribution in [2.75, 3.05) is 11.9 Å². The van der Waals surface area contributed by atoms with Gasteiger partial charge < -0.3 is 15.8 Å². The molecule has 0 saturated carbocycles. The van der Waals surface area contributed by atoms with Crippen LogP contribution in [0.3, 0.4) is 0 Å². The minimum Gasteiger partial charge on any atom is -0.489 e. The Hall–Kier alpha value is -1.97. The fourth-order valence-corrected chi connectivity index (χ4v) is 0.961. The first-order chi connectivity index (χ1) is 6.72. The first kappa shape index (κ1) is 10.1. The van der Waals surface area contributed by atoms with Crippen LogP contribution < -0.4 is 15.8 Å². The maximum absolute atomic E-state index is 10.5. The van der Waals surface area contributed by atoms with Gasteiger partial charge in [0.2, 0.25) is 0 Å². The van der Waals surface area contributed by atoms with Gasteiger partial charge in [0.25, 0.3) is 0 Å². The molecule has 3 N–H and O–H groups in total. The molecular formula is C10H16N2O2. The lowest BCUT2D eigenvalue weighted by Crippen LogP contribution is -2.19. The van der Waals surface area contributed by atoms with Crippen LogP contribution in [0.1, 0.15) is 2.85 Å². The molecule has 0 aliphatic heterocycles. The van der Waals surface area contributed by atoms with E-state index < -0.39 is 6.03 Å². The third kappa shape index (κ3) is 3.18. The van der Waals surface area contributed by atoms with E-state index in [0.717, 1.165) is 0 Å². The molecule has 1 rings (SSSR count). The van der Waals surface area contributed by atoms with Gasteiger partial charge in [-0.1, -0.05) is 18.7 Å². The van der Waals surface area contributed by atoms with Crippen LogP contribution >= 0.6 is 0 Å². The summed E-state index contributed by atoms with van der Waals surface area (Å²) in [4.78, 5) is 10.5. The van der Waals surface area contributed by atoms with Gasteiger partial charge in [-0.2, -0.15) is 0 Å². The van der Waals surface area contributed by atoms with E-state index in [1.54, 1.807) is 30.3 Å². The highest BCUT2D eigenvalue weighted by Crippen LogP contribution is 2.16. The van der Waals surface area contributed by atoms with Gasteiger partial charge in [-0.05, 0) is 12.1 Å². The summed E-state index contributed by atoms with van der Waals surface area (Å²) in [5.74, 6) is 0.663. The minimum absolute atomic E-state index is 0. The average molecular weight is 196 g/mol. The van der Waals surface area contributed by atoms with Crippen LogP contribution in [0.15, 0.2) is 36.9 Å². The Morgan fingerprint density at radius 1 is 1.71 bits per heavy atom. The van der Waals surface area contributed by atoms with Crippen molar-refractivity contribution in [3.63, 3.8) is 0 Å². The summed E-state index contributed by atoms with van der Waals surface area (Å²) in [5.41, 5.74) is 5.58. The van der Waals surface area contributed by atoms with Crippen LogP contribution in [0.25, 0.3) is 0 Å². The fraction of sp³-hybridized carbons (Fsp3) is 0.100. The summed E-state index contributed by atoms with van der Waals surface area (Å²) in [6, 6.07) is 6.38. The number of amides is 2. The largest absolute Gasteiger partial charge is 0.489 e. The predicted octanol–water partition coefficient (Wildman–Crippen LogP) is 2.23. The van der Waals surface area contributed by atoms with Gasteiger partial charge in [-0.15, -0.1) is 0 Å². The third-order valence-corrected chi connectivity index (χ3v) is 1.47. The van der Waals surface area contributed by atoms with Gasteiger partial charge in [0.05, 0.1) is 0 Å². The maximum Gasteiger partial charge on any atom is 0.316 e. The molecule has 0 heterocycles. The van der Waals surface area contributed by atoms with E-state index in [-0.39, 0.29) is 2.85 Å².